The van der Waals surface area contributed by atoms with Crippen LogP contribution >= 0.6 is 0 Å². The van der Waals surface area contributed by atoms with Crippen molar-refractivity contribution >= 4 is 0 Å². The summed E-state index contributed by atoms with van der Waals surface area (Å²) in [7, 11) is 2.03. The van der Waals surface area contributed by atoms with Crippen LogP contribution < -0.4 is 10.6 Å². The Morgan fingerprint density at radius 2 is 2.40 bits per heavy atom. The Labute approximate surface area is 63.4 Å². The van der Waals surface area contributed by atoms with Gasteiger partial charge >= 0.3 is 0 Å². The molecule has 2 nitrogen and oxygen atoms in total. The van der Waals surface area contributed by atoms with Gasteiger partial charge in [-0.05, 0) is 45.8 Å². The first kappa shape index (κ1) is 8.02. The SMILES string of the molecule is CNC[C@@H]1CCCN[C@@H]1C. The highest BCUT2D eigenvalue weighted by Gasteiger charge is 2.18. The summed E-state index contributed by atoms with van der Waals surface area (Å²) >= 11 is 0. The first-order valence-electron chi connectivity index (χ1n) is 4.22. The van der Waals surface area contributed by atoms with Gasteiger partial charge in [-0.25, -0.2) is 0 Å². The largest absolute Gasteiger partial charge is 0.319 e. The van der Waals surface area contributed by atoms with E-state index in [1.165, 1.54) is 19.4 Å². The van der Waals surface area contributed by atoms with E-state index in [4.69, 9.17) is 0 Å². The summed E-state index contributed by atoms with van der Waals surface area (Å²) in [5.74, 6) is 0.846. The molecule has 1 aliphatic heterocycles. The molecule has 1 saturated heterocycles. The minimum atomic E-state index is 0.709. The topological polar surface area (TPSA) is 24.1 Å². The summed E-state index contributed by atoms with van der Waals surface area (Å²) in [5, 5.41) is 6.70. The normalized spacial score (nSPS) is 34.2. The minimum Gasteiger partial charge on any atom is -0.319 e. The van der Waals surface area contributed by atoms with Crippen molar-refractivity contribution in [2.24, 2.45) is 5.92 Å². The van der Waals surface area contributed by atoms with Crippen LogP contribution in [0.4, 0.5) is 0 Å². The van der Waals surface area contributed by atoms with Crippen LogP contribution in [-0.4, -0.2) is 26.2 Å². The minimum absolute atomic E-state index is 0.709. The Morgan fingerprint density at radius 1 is 1.60 bits per heavy atom. The van der Waals surface area contributed by atoms with Crippen molar-refractivity contribution in [1.82, 2.24) is 10.6 Å². The first-order valence-corrected chi connectivity index (χ1v) is 4.22. The molecule has 0 saturated carbocycles. The third-order valence-electron chi connectivity index (χ3n) is 2.39. The molecule has 10 heavy (non-hydrogen) atoms. The maximum Gasteiger partial charge on any atom is 0.00791 e. The third kappa shape index (κ3) is 1.96. The van der Waals surface area contributed by atoms with Crippen LogP contribution in [0.2, 0.25) is 0 Å². The van der Waals surface area contributed by atoms with E-state index in [-0.39, 0.29) is 0 Å². The lowest BCUT2D eigenvalue weighted by Gasteiger charge is -2.29. The molecule has 0 radical (unpaired) electrons. The summed E-state index contributed by atoms with van der Waals surface area (Å²) in [4.78, 5) is 0. The fourth-order valence-corrected chi connectivity index (χ4v) is 1.65. The molecule has 0 aromatic heterocycles. The van der Waals surface area contributed by atoms with Gasteiger partial charge in [0.15, 0.2) is 0 Å². The summed E-state index contributed by atoms with van der Waals surface area (Å²) < 4.78 is 0. The van der Waals surface area contributed by atoms with E-state index in [1.54, 1.807) is 0 Å². The molecule has 0 spiro atoms. The van der Waals surface area contributed by atoms with Crippen LogP contribution in [0.1, 0.15) is 19.8 Å². The van der Waals surface area contributed by atoms with Crippen LogP contribution in [0.3, 0.4) is 0 Å². The molecule has 2 atom stereocenters. The number of hydrogen-bond acceptors (Lipinski definition) is 2. The van der Waals surface area contributed by atoms with E-state index < -0.39 is 0 Å². The first-order chi connectivity index (χ1) is 4.84. The van der Waals surface area contributed by atoms with Crippen molar-refractivity contribution < 1.29 is 0 Å². The van der Waals surface area contributed by atoms with Crippen LogP contribution in [0.15, 0.2) is 0 Å². The molecule has 0 amide bonds. The average Bonchev–Trinajstić information content (AvgIpc) is 1.94. The Morgan fingerprint density at radius 3 is 3.00 bits per heavy atom. The standard InChI is InChI=1S/C8H18N2/c1-7-8(6-9-2)4-3-5-10-7/h7-10H,3-6H2,1-2H3/t7-,8+/m1/s1. The second kappa shape index (κ2) is 3.94. The Balaban J connectivity index is 2.25. The Bertz CT molecular complexity index is 91.3. The number of rotatable bonds is 2. The molecular weight excluding hydrogens is 124 g/mol. The molecule has 1 rings (SSSR count). The lowest BCUT2D eigenvalue weighted by Crippen LogP contribution is -2.42. The van der Waals surface area contributed by atoms with Gasteiger partial charge in [0.1, 0.15) is 0 Å². The van der Waals surface area contributed by atoms with Crippen molar-refractivity contribution in [3.8, 4) is 0 Å². The maximum absolute atomic E-state index is 3.48. The summed E-state index contributed by atoms with van der Waals surface area (Å²) in [6.45, 7) is 4.65. The lowest BCUT2D eigenvalue weighted by atomic mass is 9.92. The molecular formula is C8H18N2. The van der Waals surface area contributed by atoms with E-state index in [0.29, 0.717) is 6.04 Å². The molecule has 2 heteroatoms. The van der Waals surface area contributed by atoms with E-state index in [9.17, 15) is 0 Å². The second-order valence-electron chi connectivity index (χ2n) is 3.20. The Kier molecular flexibility index (Phi) is 3.16. The van der Waals surface area contributed by atoms with E-state index in [2.05, 4.69) is 17.6 Å². The van der Waals surface area contributed by atoms with Crippen molar-refractivity contribution in [2.75, 3.05) is 20.1 Å². The number of nitrogens with one attached hydrogen (secondary N) is 2. The fraction of sp³-hybridized carbons (Fsp3) is 1.00. The van der Waals surface area contributed by atoms with E-state index in [1.807, 2.05) is 7.05 Å². The maximum atomic E-state index is 3.48. The number of piperidine rings is 1. The van der Waals surface area contributed by atoms with Crippen molar-refractivity contribution in [2.45, 2.75) is 25.8 Å². The van der Waals surface area contributed by atoms with Gasteiger partial charge in [0.25, 0.3) is 0 Å². The van der Waals surface area contributed by atoms with Crippen LogP contribution in [0, 0.1) is 5.92 Å². The molecule has 2 N–H and O–H groups in total. The van der Waals surface area contributed by atoms with Crippen molar-refractivity contribution in [3.05, 3.63) is 0 Å². The van der Waals surface area contributed by atoms with Crippen LogP contribution in [-0.2, 0) is 0 Å². The molecule has 1 fully saturated rings. The molecule has 0 aromatic carbocycles. The summed E-state index contributed by atoms with van der Waals surface area (Å²) in [6.07, 6.45) is 2.73. The van der Waals surface area contributed by atoms with Gasteiger partial charge in [-0.3, -0.25) is 0 Å². The zero-order valence-corrected chi connectivity index (χ0v) is 6.98. The molecule has 0 bridgehead atoms. The molecule has 0 unspecified atom stereocenters. The second-order valence-corrected chi connectivity index (χ2v) is 3.20. The molecule has 1 aliphatic rings. The fourth-order valence-electron chi connectivity index (χ4n) is 1.65. The van der Waals surface area contributed by atoms with Gasteiger partial charge in [0.05, 0.1) is 0 Å². The lowest BCUT2D eigenvalue weighted by molar-refractivity contribution is 0.291. The van der Waals surface area contributed by atoms with Gasteiger partial charge < -0.3 is 10.6 Å². The average molecular weight is 142 g/mol. The summed E-state index contributed by atoms with van der Waals surface area (Å²) in [5.41, 5.74) is 0. The predicted octanol–water partition coefficient (Wildman–Crippen LogP) is 0.594. The van der Waals surface area contributed by atoms with E-state index in [0.717, 1.165) is 12.5 Å². The highest BCUT2D eigenvalue weighted by Crippen LogP contribution is 2.14. The van der Waals surface area contributed by atoms with Gasteiger partial charge in [0.2, 0.25) is 0 Å². The van der Waals surface area contributed by atoms with Crippen LogP contribution in [0.25, 0.3) is 0 Å². The van der Waals surface area contributed by atoms with Gasteiger partial charge in [-0.2, -0.15) is 0 Å². The molecule has 0 aromatic rings. The van der Waals surface area contributed by atoms with Crippen molar-refractivity contribution in [1.29, 1.82) is 0 Å². The van der Waals surface area contributed by atoms with Crippen LogP contribution in [0.5, 0.6) is 0 Å². The molecule has 1 heterocycles. The smallest absolute Gasteiger partial charge is 0.00791 e. The number of hydrogen-bond donors (Lipinski definition) is 2. The van der Waals surface area contributed by atoms with E-state index >= 15 is 0 Å². The third-order valence-corrected chi connectivity index (χ3v) is 2.39. The van der Waals surface area contributed by atoms with Crippen molar-refractivity contribution in [3.63, 3.8) is 0 Å². The monoisotopic (exact) mass is 142 g/mol. The predicted molar refractivity (Wildman–Crippen MR) is 44.1 cm³/mol. The zero-order chi connectivity index (χ0) is 7.40. The highest BCUT2D eigenvalue weighted by atomic mass is 14.9. The Hall–Kier alpha value is -0.0800. The van der Waals surface area contributed by atoms with Gasteiger partial charge in [-0.15, -0.1) is 0 Å². The molecule has 0 aliphatic carbocycles. The quantitative estimate of drug-likeness (QED) is 0.590. The zero-order valence-electron chi connectivity index (χ0n) is 6.98. The summed E-state index contributed by atoms with van der Waals surface area (Å²) in [6, 6.07) is 0.709. The van der Waals surface area contributed by atoms with Gasteiger partial charge in [-0.1, -0.05) is 0 Å². The highest BCUT2D eigenvalue weighted by molar-refractivity contribution is 4.78. The molecule has 60 valence electrons. The van der Waals surface area contributed by atoms with Gasteiger partial charge in [0, 0.05) is 6.04 Å².